The molecule has 0 radical (unpaired) electrons. The molecule has 1 amide bonds. The first-order valence-electron chi connectivity index (χ1n) is 10.4. The van der Waals surface area contributed by atoms with E-state index >= 15 is 0 Å². The van der Waals surface area contributed by atoms with Gasteiger partial charge in [0.25, 0.3) is 5.91 Å². The second-order valence-electron chi connectivity index (χ2n) is 8.15. The minimum atomic E-state index is -4.51. The predicted molar refractivity (Wildman–Crippen MR) is 112 cm³/mol. The Balaban J connectivity index is 1.32. The third kappa shape index (κ3) is 5.31. The van der Waals surface area contributed by atoms with Crippen LogP contribution in [0.4, 0.5) is 13.2 Å². The lowest BCUT2D eigenvalue weighted by Crippen LogP contribution is -2.48. The molecule has 2 aromatic carbocycles. The van der Waals surface area contributed by atoms with Crippen molar-refractivity contribution in [2.45, 2.75) is 36.5 Å². The van der Waals surface area contributed by atoms with Crippen molar-refractivity contribution in [1.82, 2.24) is 14.5 Å². The Morgan fingerprint density at radius 1 is 0.938 bits per heavy atom. The lowest BCUT2D eigenvalue weighted by Gasteiger charge is -2.34. The molecule has 1 saturated carbocycles. The van der Waals surface area contributed by atoms with E-state index in [1.54, 1.807) is 12.1 Å². The Kier molecular flexibility index (Phi) is 6.28. The third-order valence-corrected chi connectivity index (χ3v) is 7.60. The molecule has 1 aliphatic heterocycles. The Morgan fingerprint density at radius 3 is 2.06 bits per heavy atom. The maximum atomic E-state index is 12.8. The summed E-state index contributed by atoms with van der Waals surface area (Å²) in [6.07, 6.45) is -2.44. The van der Waals surface area contributed by atoms with Crippen LogP contribution in [-0.2, 0) is 22.7 Å². The molecule has 0 atom stereocenters. The number of rotatable bonds is 6. The van der Waals surface area contributed by atoms with E-state index in [0.717, 1.165) is 42.7 Å². The molecule has 1 aliphatic carbocycles. The van der Waals surface area contributed by atoms with Gasteiger partial charge < -0.3 is 5.32 Å². The Hall–Kier alpha value is -2.43. The van der Waals surface area contributed by atoms with Crippen molar-refractivity contribution in [3.63, 3.8) is 0 Å². The van der Waals surface area contributed by atoms with Crippen LogP contribution < -0.4 is 5.32 Å². The fraction of sp³-hybridized carbons (Fsp3) is 0.409. The van der Waals surface area contributed by atoms with Gasteiger partial charge in [0.1, 0.15) is 0 Å². The average Bonchev–Trinajstić information content (AvgIpc) is 3.58. The summed E-state index contributed by atoms with van der Waals surface area (Å²) in [5, 5.41) is 2.95. The van der Waals surface area contributed by atoms with Crippen LogP contribution in [0.1, 0.15) is 34.3 Å². The number of halogens is 3. The second kappa shape index (κ2) is 8.84. The second-order valence-corrected chi connectivity index (χ2v) is 10.1. The summed E-state index contributed by atoms with van der Waals surface area (Å²) in [4.78, 5) is 14.0. The lowest BCUT2D eigenvalue weighted by atomic mass is 10.1. The van der Waals surface area contributed by atoms with Crippen molar-refractivity contribution in [2.24, 2.45) is 0 Å². The predicted octanol–water partition coefficient (Wildman–Crippen LogP) is 3.10. The highest BCUT2D eigenvalue weighted by Gasteiger charge is 2.32. The zero-order chi connectivity index (χ0) is 22.9. The van der Waals surface area contributed by atoms with Crippen LogP contribution in [0.15, 0.2) is 53.4 Å². The Bertz CT molecular complexity index is 1060. The van der Waals surface area contributed by atoms with Crippen LogP contribution in [0, 0.1) is 0 Å². The Labute approximate surface area is 185 Å². The normalized spacial score (nSPS) is 18.5. The maximum absolute atomic E-state index is 12.8. The number of carbonyl (C=O) groups is 1. The van der Waals surface area contributed by atoms with E-state index in [0.29, 0.717) is 31.2 Å². The first-order chi connectivity index (χ1) is 15.1. The molecular weight excluding hydrogens is 443 g/mol. The Morgan fingerprint density at radius 2 is 1.53 bits per heavy atom. The van der Waals surface area contributed by atoms with Crippen molar-refractivity contribution >= 4 is 15.9 Å². The highest BCUT2D eigenvalue weighted by Crippen LogP contribution is 2.30. The number of hydrogen-bond acceptors (Lipinski definition) is 4. The first-order valence-corrected chi connectivity index (χ1v) is 11.9. The van der Waals surface area contributed by atoms with Gasteiger partial charge >= 0.3 is 6.18 Å². The highest BCUT2D eigenvalue weighted by molar-refractivity contribution is 7.89. The molecule has 2 aliphatic rings. The van der Waals surface area contributed by atoms with Gasteiger partial charge in [-0.2, -0.15) is 17.5 Å². The molecule has 1 N–H and O–H groups in total. The minimum absolute atomic E-state index is 0.0684. The van der Waals surface area contributed by atoms with Crippen molar-refractivity contribution < 1.29 is 26.4 Å². The van der Waals surface area contributed by atoms with Crippen LogP contribution >= 0.6 is 0 Å². The lowest BCUT2D eigenvalue weighted by molar-refractivity contribution is -0.137. The van der Waals surface area contributed by atoms with E-state index in [1.165, 1.54) is 4.31 Å². The maximum Gasteiger partial charge on any atom is 0.416 e. The number of alkyl halides is 3. The number of piperazine rings is 1. The number of amides is 1. The smallest absolute Gasteiger partial charge is 0.349 e. The van der Waals surface area contributed by atoms with Gasteiger partial charge in [-0.1, -0.05) is 12.1 Å². The molecule has 6 nitrogen and oxygen atoms in total. The van der Waals surface area contributed by atoms with E-state index in [1.807, 2.05) is 12.1 Å². The van der Waals surface area contributed by atoms with Crippen molar-refractivity contribution in [1.29, 1.82) is 0 Å². The molecule has 0 spiro atoms. The summed E-state index contributed by atoms with van der Waals surface area (Å²) in [7, 11) is -3.85. The topological polar surface area (TPSA) is 69.7 Å². The molecule has 0 unspecified atom stereocenters. The summed E-state index contributed by atoms with van der Waals surface area (Å²) in [6, 6.07) is 11.3. The molecular formula is C22H24F3N3O3S. The van der Waals surface area contributed by atoms with Crippen LogP contribution in [0.5, 0.6) is 0 Å². The number of hydrogen-bond donors (Lipinski definition) is 1. The number of sulfonamides is 1. The molecule has 2 aromatic rings. The SMILES string of the molecule is O=C(NC1CC1)c1ccc(CN2CCN(S(=O)(=O)c3ccc(C(F)(F)F)cc3)CC2)cc1. The zero-order valence-corrected chi connectivity index (χ0v) is 18.1. The summed E-state index contributed by atoms with van der Waals surface area (Å²) >= 11 is 0. The standard InChI is InChI=1S/C22H24F3N3O3S/c23-22(24,25)18-5-9-20(10-6-18)32(30,31)28-13-11-27(12-14-28)15-16-1-3-17(4-2-16)21(29)26-19-7-8-19/h1-6,9-10,19H,7-8,11-15H2,(H,26,29). The van der Waals surface area contributed by atoms with Gasteiger partial charge in [0.05, 0.1) is 10.5 Å². The molecule has 32 heavy (non-hydrogen) atoms. The van der Waals surface area contributed by atoms with Gasteiger partial charge in [-0.15, -0.1) is 0 Å². The van der Waals surface area contributed by atoms with Gasteiger partial charge in [0.15, 0.2) is 0 Å². The van der Waals surface area contributed by atoms with E-state index in [9.17, 15) is 26.4 Å². The minimum Gasteiger partial charge on any atom is -0.349 e. The molecule has 0 aromatic heterocycles. The zero-order valence-electron chi connectivity index (χ0n) is 17.3. The summed E-state index contributed by atoms with van der Waals surface area (Å²) in [5.74, 6) is -0.0684. The number of nitrogens with zero attached hydrogens (tertiary/aromatic N) is 2. The van der Waals surface area contributed by atoms with E-state index in [2.05, 4.69) is 10.2 Å². The third-order valence-electron chi connectivity index (χ3n) is 5.69. The molecule has 172 valence electrons. The van der Waals surface area contributed by atoms with Gasteiger partial charge in [-0.25, -0.2) is 8.42 Å². The van der Waals surface area contributed by atoms with Gasteiger partial charge in [0, 0.05) is 44.3 Å². The number of benzene rings is 2. The summed E-state index contributed by atoms with van der Waals surface area (Å²) in [6.45, 7) is 2.14. The van der Waals surface area contributed by atoms with Crippen LogP contribution in [0.2, 0.25) is 0 Å². The molecule has 1 saturated heterocycles. The van der Waals surface area contributed by atoms with Crippen LogP contribution in [0.25, 0.3) is 0 Å². The van der Waals surface area contributed by atoms with Gasteiger partial charge in [-0.05, 0) is 54.8 Å². The summed E-state index contributed by atoms with van der Waals surface area (Å²) < 4.78 is 65.0. The van der Waals surface area contributed by atoms with E-state index < -0.39 is 21.8 Å². The van der Waals surface area contributed by atoms with E-state index in [-0.39, 0.29) is 23.9 Å². The first kappa shape index (κ1) is 22.8. The summed E-state index contributed by atoms with van der Waals surface area (Å²) in [5.41, 5.74) is 0.762. The van der Waals surface area contributed by atoms with Crippen molar-refractivity contribution in [3.8, 4) is 0 Å². The van der Waals surface area contributed by atoms with E-state index in [4.69, 9.17) is 0 Å². The largest absolute Gasteiger partial charge is 0.416 e. The number of nitrogens with one attached hydrogen (secondary N) is 1. The molecule has 0 bridgehead atoms. The monoisotopic (exact) mass is 467 g/mol. The van der Waals surface area contributed by atoms with Crippen LogP contribution in [0.3, 0.4) is 0 Å². The average molecular weight is 468 g/mol. The van der Waals surface area contributed by atoms with Crippen molar-refractivity contribution in [3.05, 3.63) is 65.2 Å². The molecule has 4 rings (SSSR count). The van der Waals surface area contributed by atoms with Crippen LogP contribution in [-0.4, -0.2) is 55.8 Å². The highest BCUT2D eigenvalue weighted by atomic mass is 32.2. The molecule has 1 heterocycles. The molecule has 2 fully saturated rings. The number of carbonyl (C=O) groups excluding carboxylic acids is 1. The fourth-order valence-electron chi connectivity index (χ4n) is 3.61. The van der Waals surface area contributed by atoms with Gasteiger partial charge in [0.2, 0.25) is 10.0 Å². The quantitative estimate of drug-likeness (QED) is 0.709. The fourth-order valence-corrected chi connectivity index (χ4v) is 5.03. The molecule has 10 heteroatoms. The van der Waals surface area contributed by atoms with Gasteiger partial charge in [-0.3, -0.25) is 9.69 Å². The van der Waals surface area contributed by atoms with Crippen molar-refractivity contribution in [2.75, 3.05) is 26.2 Å².